The second kappa shape index (κ2) is 5.35. The second-order valence-corrected chi connectivity index (χ2v) is 5.19. The van der Waals surface area contributed by atoms with E-state index in [0.29, 0.717) is 15.6 Å². The third-order valence-corrected chi connectivity index (χ3v) is 3.33. The first kappa shape index (κ1) is 14.1. The normalized spacial score (nSPS) is 12.5. The van der Waals surface area contributed by atoms with Crippen molar-refractivity contribution < 1.29 is 13.2 Å². The molecule has 1 nitrogen and oxygen atoms in total. The van der Waals surface area contributed by atoms with Crippen LogP contribution in [0.2, 0.25) is 0 Å². The van der Waals surface area contributed by atoms with Crippen molar-refractivity contribution in [3.05, 3.63) is 68.9 Å². The van der Waals surface area contributed by atoms with E-state index in [9.17, 15) is 13.2 Å². The van der Waals surface area contributed by atoms with Crippen molar-refractivity contribution in [2.45, 2.75) is 13.0 Å². The third kappa shape index (κ3) is 2.82. The third-order valence-electron chi connectivity index (χ3n) is 2.87. The minimum absolute atomic E-state index is 0.252. The van der Waals surface area contributed by atoms with E-state index in [0.717, 1.165) is 12.1 Å². The highest BCUT2D eigenvalue weighted by Gasteiger charge is 2.20. The van der Waals surface area contributed by atoms with Crippen LogP contribution in [0.3, 0.4) is 0 Å². The van der Waals surface area contributed by atoms with Gasteiger partial charge in [-0.2, -0.15) is 0 Å². The molecule has 2 rings (SSSR count). The first-order chi connectivity index (χ1) is 8.90. The van der Waals surface area contributed by atoms with E-state index in [2.05, 4.69) is 15.9 Å². The molecular formula is C14H11BrF3N. The first-order valence-corrected chi connectivity index (χ1v) is 6.35. The summed E-state index contributed by atoms with van der Waals surface area (Å²) in [4.78, 5) is 0. The summed E-state index contributed by atoms with van der Waals surface area (Å²) in [6.45, 7) is 1.52. The molecule has 0 bridgehead atoms. The molecule has 19 heavy (non-hydrogen) atoms. The Hall–Kier alpha value is -1.33. The minimum Gasteiger partial charge on any atom is -0.320 e. The van der Waals surface area contributed by atoms with Gasteiger partial charge in [0, 0.05) is 10.0 Å². The standard InChI is InChI=1S/C14H11BrF3N/c1-7-2-3-11(17)12(13(7)18)14(19)8-4-9(15)6-10(16)5-8/h2-6,14H,19H2,1H3. The molecule has 0 saturated carbocycles. The summed E-state index contributed by atoms with van der Waals surface area (Å²) in [7, 11) is 0. The zero-order chi connectivity index (χ0) is 14.2. The zero-order valence-electron chi connectivity index (χ0n) is 10.1. The molecule has 0 aliphatic carbocycles. The Bertz CT molecular complexity index is 608. The van der Waals surface area contributed by atoms with Crippen LogP contribution in [0.4, 0.5) is 13.2 Å². The highest BCUT2D eigenvalue weighted by atomic mass is 79.9. The summed E-state index contributed by atoms with van der Waals surface area (Å²) >= 11 is 3.12. The number of aryl methyl sites for hydroxylation is 1. The van der Waals surface area contributed by atoms with Gasteiger partial charge in [-0.3, -0.25) is 0 Å². The second-order valence-electron chi connectivity index (χ2n) is 4.27. The largest absolute Gasteiger partial charge is 0.320 e. The molecule has 0 amide bonds. The lowest BCUT2D eigenvalue weighted by molar-refractivity contribution is 0.537. The van der Waals surface area contributed by atoms with Gasteiger partial charge in [-0.25, -0.2) is 13.2 Å². The van der Waals surface area contributed by atoms with E-state index in [1.165, 1.54) is 25.1 Å². The average molecular weight is 330 g/mol. The molecule has 100 valence electrons. The van der Waals surface area contributed by atoms with Crippen molar-refractivity contribution in [1.29, 1.82) is 0 Å². The van der Waals surface area contributed by atoms with E-state index < -0.39 is 23.5 Å². The van der Waals surface area contributed by atoms with Crippen LogP contribution in [0.5, 0.6) is 0 Å². The number of nitrogens with two attached hydrogens (primary N) is 1. The molecule has 0 radical (unpaired) electrons. The maximum Gasteiger partial charge on any atom is 0.134 e. The fourth-order valence-electron chi connectivity index (χ4n) is 1.88. The van der Waals surface area contributed by atoms with Gasteiger partial charge in [0.15, 0.2) is 0 Å². The zero-order valence-corrected chi connectivity index (χ0v) is 11.6. The minimum atomic E-state index is -1.06. The summed E-state index contributed by atoms with van der Waals surface area (Å²) in [5, 5.41) is 0. The summed E-state index contributed by atoms with van der Waals surface area (Å²) in [6.07, 6.45) is 0. The van der Waals surface area contributed by atoms with E-state index in [1.54, 1.807) is 0 Å². The van der Waals surface area contributed by atoms with Gasteiger partial charge in [0.25, 0.3) is 0 Å². The molecule has 0 aliphatic heterocycles. The predicted molar refractivity (Wildman–Crippen MR) is 71.2 cm³/mol. The maximum absolute atomic E-state index is 14.0. The van der Waals surface area contributed by atoms with E-state index >= 15 is 0 Å². The maximum atomic E-state index is 14.0. The van der Waals surface area contributed by atoms with Crippen molar-refractivity contribution >= 4 is 15.9 Å². The van der Waals surface area contributed by atoms with Crippen LogP contribution in [0, 0.1) is 24.4 Å². The molecule has 1 unspecified atom stereocenters. The molecular weight excluding hydrogens is 319 g/mol. The number of rotatable bonds is 2. The van der Waals surface area contributed by atoms with Gasteiger partial charge in [-0.15, -0.1) is 0 Å². The van der Waals surface area contributed by atoms with Crippen LogP contribution in [-0.4, -0.2) is 0 Å². The average Bonchev–Trinajstić information content (AvgIpc) is 2.33. The van der Waals surface area contributed by atoms with Gasteiger partial charge in [0.05, 0.1) is 6.04 Å². The summed E-state index contributed by atoms with van der Waals surface area (Å²) in [6, 6.07) is 5.38. The van der Waals surface area contributed by atoms with Gasteiger partial charge in [-0.1, -0.05) is 22.0 Å². The highest BCUT2D eigenvalue weighted by molar-refractivity contribution is 9.10. The van der Waals surface area contributed by atoms with Gasteiger partial charge < -0.3 is 5.73 Å². The topological polar surface area (TPSA) is 26.0 Å². The van der Waals surface area contributed by atoms with Crippen molar-refractivity contribution in [2.24, 2.45) is 5.73 Å². The van der Waals surface area contributed by atoms with Gasteiger partial charge in [0.2, 0.25) is 0 Å². The number of halogens is 4. The fraction of sp³-hybridized carbons (Fsp3) is 0.143. The fourth-order valence-corrected chi connectivity index (χ4v) is 2.37. The monoisotopic (exact) mass is 329 g/mol. The van der Waals surface area contributed by atoms with Crippen molar-refractivity contribution in [3.63, 3.8) is 0 Å². The molecule has 1 atom stereocenters. The van der Waals surface area contributed by atoms with E-state index in [4.69, 9.17) is 5.73 Å². The molecule has 5 heteroatoms. The van der Waals surface area contributed by atoms with Crippen LogP contribution in [0.15, 0.2) is 34.8 Å². The predicted octanol–water partition coefficient (Wildman–Crippen LogP) is 4.22. The summed E-state index contributed by atoms with van der Waals surface area (Å²) in [5.74, 6) is -1.96. The summed E-state index contributed by atoms with van der Waals surface area (Å²) < 4.78 is 41.5. The lowest BCUT2D eigenvalue weighted by atomic mass is 9.97. The van der Waals surface area contributed by atoms with Gasteiger partial charge in [-0.05, 0) is 42.3 Å². The van der Waals surface area contributed by atoms with Crippen LogP contribution in [0.1, 0.15) is 22.7 Å². The van der Waals surface area contributed by atoms with E-state index in [-0.39, 0.29) is 5.56 Å². The molecule has 0 spiro atoms. The number of benzene rings is 2. The van der Waals surface area contributed by atoms with Crippen LogP contribution < -0.4 is 5.73 Å². The molecule has 2 aromatic rings. The lowest BCUT2D eigenvalue weighted by Gasteiger charge is -2.16. The van der Waals surface area contributed by atoms with Crippen molar-refractivity contribution in [2.75, 3.05) is 0 Å². The highest BCUT2D eigenvalue weighted by Crippen LogP contribution is 2.28. The Morgan fingerprint density at radius 2 is 1.79 bits per heavy atom. The molecule has 0 aromatic heterocycles. The first-order valence-electron chi connectivity index (χ1n) is 5.56. The van der Waals surface area contributed by atoms with Gasteiger partial charge in [0.1, 0.15) is 17.5 Å². The van der Waals surface area contributed by atoms with Crippen molar-refractivity contribution in [3.8, 4) is 0 Å². The Balaban J connectivity index is 2.55. The smallest absolute Gasteiger partial charge is 0.134 e. The number of hydrogen-bond donors (Lipinski definition) is 1. The molecule has 0 fully saturated rings. The molecule has 0 heterocycles. The van der Waals surface area contributed by atoms with Crippen LogP contribution >= 0.6 is 15.9 Å². The molecule has 0 aliphatic rings. The van der Waals surface area contributed by atoms with Crippen molar-refractivity contribution in [1.82, 2.24) is 0 Å². The van der Waals surface area contributed by atoms with E-state index in [1.807, 2.05) is 0 Å². The Kier molecular flexibility index (Phi) is 3.96. The SMILES string of the molecule is Cc1ccc(F)c(C(N)c2cc(F)cc(Br)c2)c1F. The summed E-state index contributed by atoms with van der Waals surface area (Å²) in [5.41, 5.74) is 6.20. The Morgan fingerprint density at radius 1 is 1.11 bits per heavy atom. The lowest BCUT2D eigenvalue weighted by Crippen LogP contribution is -2.16. The Labute approximate surface area is 117 Å². The molecule has 2 aromatic carbocycles. The number of hydrogen-bond acceptors (Lipinski definition) is 1. The quantitative estimate of drug-likeness (QED) is 0.876. The van der Waals surface area contributed by atoms with Gasteiger partial charge >= 0.3 is 0 Å². The Morgan fingerprint density at radius 3 is 2.42 bits per heavy atom. The van der Waals surface area contributed by atoms with Crippen LogP contribution in [0.25, 0.3) is 0 Å². The molecule has 2 N–H and O–H groups in total. The molecule has 0 saturated heterocycles. The van der Waals surface area contributed by atoms with Crippen LogP contribution in [-0.2, 0) is 0 Å².